The van der Waals surface area contributed by atoms with E-state index in [0.29, 0.717) is 22.9 Å². The molecule has 1 unspecified atom stereocenters. The Balaban J connectivity index is 1.55. The molecule has 1 atom stereocenters. The number of halogens is 1. The van der Waals surface area contributed by atoms with Crippen LogP contribution in [-0.4, -0.2) is 34.2 Å². The fourth-order valence-electron chi connectivity index (χ4n) is 3.75. The van der Waals surface area contributed by atoms with Crippen LogP contribution in [0.15, 0.2) is 77.4 Å². The molecule has 4 amide bonds. The standard InChI is InChI=1S/C24H22ClN3O4/c1-24(19-11-5-6-12-20(19)25)22(30)28(23(31)26-24)16-21(29)27(15-18-10-7-13-32-18)14-17-8-3-2-4-9-17/h2-13H,14-16H2,1H3,(H,26,31). The summed E-state index contributed by atoms with van der Waals surface area (Å²) in [5.41, 5.74) is 0.0539. The van der Waals surface area contributed by atoms with Gasteiger partial charge in [-0.1, -0.05) is 60.1 Å². The number of rotatable bonds is 7. The van der Waals surface area contributed by atoms with Gasteiger partial charge in [0.05, 0.1) is 12.8 Å². The van der Waals surface area contributed by atoms with Gasteiger partial charge >= 0.3 is 6.03 Å². The van der Waals surface area contributed by atoms with E-state index in [1.165, 1.54) is 6.26 Å². The second-order valence-corrected chi connectivity index (χ2v) is 8.15. The van der Waals surface area contributed by atoms with E-state index in [-0.39, 0.29) is 12.5 Å². The normalized spacial score (nSPS) is 18.0. The summed E-state index contributed by atoms with van der Waals surface area (Å²) in [7, 11) is 0. The van der Waals surface area contributed by atoms with E-state index in [9.17, 15) is 14.4 Å². The minimum absolute atomic E-state index is 0.214. The lowest BCUT2D eigenvalue weighted by Gasteiger charge is -2.25. The van der Waals surface area contributed by atoms with Gasteiger partial charge in [-0.25, -0.2) is 4.79 Å². The molecule has 2 aromatic carbocycles. The van der Waals surface area contributed by atoms with E-state index in [4.69, 9.17) is 16.0 Å². The number of furan rings is 1. The molecule has 2 heterocycles. The molecule has 4 rings (SSSR count). The molecular weight excluding hydrogens is 430 g/mol. The van der Waals surface area contributed by atoms with Gasteiger partial charge in [-0.05, 0) is 30.7 Å². The van der Waals surface area contributed by atoms with Crippen molar-refractivity contribution in [3.8, 4) is 0 Å². The second kappa shape index (κ2) is 8.88. The Morgan fingerprint density at radius 1 is 1.03 bits per heavy atom. The highest BCUT2D eigenvalue weighted by molar-refractivity contribution is 6.32. The highest BCUT2D eigenvalue weighted by Gasteiger charge is 2.50. The first-order valence-electron chi connectivity index (χ1n) is 10.1. The fraction of sp³-hybridized carbons (Fsp3) is 0.208. The van der Waals surface area contributed by atoms with Crippen molar-refractivity contribution >= 4 is 29.4 Å². The van der Waals surface area contributed by atoms with Crippen molar-refractivity contribution in [3.63, 3.8) is 0 Å². The van der Waals surface area contributed by atoms with Gasteiger partial charge in [-0.3, -0.25) is 14.5 Å². The molecule has 0 spiro atoms. The molecule has 0 aliphatic carbocycles. The number of urea groups is 1. The fourth-order valence-corrected chi connectivity index (χ4v) is 4.08. The number of carbonyl (C=O) groups is 3. The Morgan fingerprint density at radius 3 is 2.44 bits per heavy atom. The second-order valence-electron chi connectivity index (χ2n) is 7.74. The van der Waals surface area contributed by atoms with Crippen molar-refractivity contribution < 1.29 is 18.8 Å². The van der Waals surface area contributed by atoms with Crippen molar-refractivity contribution in [1.82, 2.24) is 15.1 Å². The van der Waals surface area contributed by atoms with Crippen LogP contribution in [0.5, 0.6) is 0 Å². The molecular formula is C24H22ClN3O4. The number of hydrogen-bond acceptors (Lipinski definition) is 4. The number of benzene rings is 2. The predicted molar refractivity (Wildman–Crippen MR) is 118 cm³/mol. The highest BCUT2D eigenvalue weighted by atomic mass is 35.5. The summed E-state index contributed by atoms with van der Waals surface area (Å²) in [6, 6.07) is 19.2. The third-order valence-electron chi connectivity index (χ3n) is 5.48. The summed E-state index contributed by atoms with van der Waals surface area (Å²) < 4.78 is 5.40. The number of imide groups is 1. The van der Waals surface area contributed by atoms with E-state index >= 15 is 0 Å². The molecule has 1 aromatic heterocycles. The van der Waals surface area contributed by atoms with Gasteiger partial charge < -0.3 is 14.6 Å². The minimum atomic E-state index is -1.35. The maximum atomic E-state index is 13.2. The molecule has 0 saturated carbocycles. The van der Waals surface area contributed by atoms with Gasteiger partial charge in [0, 0.05) is 17.1 Å². The maximum Gasteiger partial charge on any atom is 0.325 e. The van der Waals surface area contributed by atoms with E-state index in [2.05, 4.69) is 5.32 Å². The van der Waals surface area contributed by atoms with Crippen LogP contribution < -0.4 is 5.32 Å². The molecule has 7 nitrogen and oxygen atoms in total. The number of nitrogens with one attached hydrogen (secondary N) is 1. The molecule has 1 aliphatic heterocycles. The first-order chi connectivity index (χ1) is 15.4. The third kappa shape index (κ3) is 4.24. The molecule has 0 bridgehead atoms. The van der Waals surface area contributed by atoms with Gasteiger partial charge in [-0.2, -0.15) is 0 Å². The SMILES string of the molecule is CC1(c2ccccc2Cl)NC(=O)N(CC(=O)N(Cc2ccccc2)Cc2ccco2)C1=O. The Hall–Kier alpha value is -3.58. The van der Waals surface area contributed by atoms with Gasteiger partial charge in [0.1, 0.15) is 17.8 Å². The van der Waals surface area contributed by atoms with Crippen molar-refractivity contribution in [2.24, 2.45) is 0 Å². The topological polar surface area (TPSA) is 82.9 Å². The van der Waals surface area contributed by atoms with Crippen molar-refractivity contribution in [2.45, 2.75) is 25.6 Å². The van der Waals surface area contributed by atoms with Crippen molar-refractivity contribution in [1.29, 1.82) is 0 Å². The Labute approximate surface area is 190 Å². The Kier molecular flexibility index (Phi) is 6.01. The summed E-state index contributed by atoms with van der Waals surface area (Å²) >= 11 is 6.27. The van der Waals surface area contributed by atoms with E-state index in [0.717, 1.165) is 10.5 Å². The van der Waals surface area contributed by atoms with Crippen LogP contribution in [0.25, 0.3) is 0 Å². The smallest absolute Gasteiger partial charge is 0.325 e. The van der Waals surface area contributed by atoms with Crippen LogP contribution in [0.3, 0.4) is 0 Å². The Bertz CT molecular complexity index is 1130. The number of carbonyl (C=O) groups excluding carboxylic acids is 3. The number of hydrogen-bond donors (Lipinski definition) is 1. The van der Waals surface area contributed by atoms with Crippen molar-refractivity contribution in [3.05, 3.63) is 94.9 Å². The summed E-state index contributed by atoms with van der Waals surface area (Å²) in [5, 5.41) is 3.05. The van der Waals surface area contributed by atoms with Crippen LogP contribution in [0.1, 0.15) is 23.8 Å². The summed E-state index contributed by atoms with van der Waals surface area (Å²) in [6.07, 6.45) is 1.53. The van der Waals surface area contributed by atoms with Crippen LogP contribution in [-0.2, 0) is 28.2 Å². The zero-order valence-electron chi connectivity index (χ0n) is 17.5. The lowest BCUT2D eigenvalue weighted by molar-refractivity contribution is -0.139. The predicted octanol–water partition coefficient (Wildman–Crippen LogP) is 3.93. The first-order valence-corrected chi connectivity index (χ1v) is 10.5. The summed E-state index contributed by atoms with van der Waals surface area (Å²) in [5.74, 6) is -0.300. The third-order valence-corrected chi connectivity index (χ3v) is 5.81. The summed E-state index contributed by atoms with van der Waals surface area (Å²) in [6.45, 7) is 1.72. The molecule has 1 aliphatic rings. The molecule has 3 aromatic rings. The monoisotopic (exact) mass is 451 g/mol. The average Bonchev–Trinajstić information content (AvgIpc) is 3.37. The van der Waals surface area contributed by atoms with Crippen LogP contribution in [0.4, 0.5) is 4.79 Å². The largest absolute Gasteiger partial charge is 0.467 e. The van der Waals surface area contributed by atoms with Gasteiger partial charge in [0.25, 0.3) is 5.91 Å². The molecule has 164 valence electrons. The van der Waals surface area contributed by atoms with E-state index in [1.54, 1.807) is 48.2 Å². The van der Waals surface area contributed by atoms with Crippen LogP contribution >= 0.6 is 11.6 Å². The van der Waals surface area contributed by atoms with Gasteiger partial charge in [0.2, 0.25) is 5.91 Å². The van der Waals surface area contributed by atoms with Gasteiger partial charge in [-0.15, -0.1) is 0 Å². The maximum absolute atomic E-state index is 13.2. The summed E-state index contributed by atoms with van der Waals surface area (Å²) in [4.78, 5) is 41.6. The molecule has 32 heavy (non-hydrogen) atoms. The quantitative estimate of drug-likeness (QED) is 0.552. The minimum Gasteiger partial charge on any atom is -0.467 e. The van der Waals surface area contributed by atoms with E-state index < -0.39 is 24.0 Å². The number of amides is 4. The highest BCUT2D eigenvalue weighted by Crippen LogP contribution is 2.33. The van der Waals surface area contributed by atoms with Crippen LogP contribution in [0, 0.1) is 0 Å². The van der Waals surface area contributed by atoms with Crippen molar-refractivity contribution in [2.75, 3.05) is 6.54 Å². The lowest BCUT2D eigenvalue weighted by Crippen LogP contribution is -2.44. The Morgan fingerprint density at radius 2 is 1.75 bits per heavy atom. The lowest BCUT2D eigenvalue weighted by atomic mass is 9.92. The molecule has 1 fully saturated rings. The zero-order valence-corrected chi connectivity index (χ0v) is 18.2. The average molecular weight is 452 g/mol. The van der Waals surface area contributed by atoms with Crippen LogP contribution in [0.2, 0.25) is 5.02 Å². The first kappa shape index (κ1) is 21.6. The zero-order chi connectivity index (χ0) is 22.7. The molecule has 1 N–H and O–H groups in total. The van der Waals surface area contributed by atoms with E-state index in [1.807, 2.05) is 30.3 Å². The molecule has 1 saturated heterocycles. The van der Waals surface area contributed by atoms with Gasteiger partial charge in [0.15, 0.2) is 0 Å². The molecule has 0 radical (unpaired) electrons. The molecule has 8 heteroatoms. The number of nitrogens with zero attached hydrogens (tertiary/aromatic N) is 2.